The van der Waals surface area contributed by atoms with Gasteiger partial charge in [-0.15, -0.1) is 0 Å². The Bertz CT molecular complexity index is 334. The molecule has 16 heavy (non-hydrogen) atoms. The zero-order valence-corrected chi connectivity index (χ0v) is 10.1. The van der Waals surface area contributed by atoms with E-state index in [0.29, 0.717) is 6.04 Å². The molecular weight excluding hydrogens is 198 g/mol. The average molecular weight is 219 g/mol. The molecule has 2 rings (SSSR count). The zero-order valence-electron chi connectivity index (χ0n) is 10.1. The van der Waals surface area contributed by atoms with Gasteiger partial charge < -0.3 is 11.1 Å². The number of nitrogens with two attached hydrogens (primary N) is 1. The summed E-state index contributed by atoms with van der Waals surface area (Å²) in [5.41, 5.74) is 8.84. The van der Waals surface area contributed by atoms with Crippen LogP contribution in [-0.4, -0.2) is 37.6 Å². The second-order valence-electron chi connectivity index (χ2n) is 4.69. The maximum atomic E-state index is 6.33. The van der Waals surface area contributed by atoms with Crippen LogP contribution in [0.2, 0.25) is 0 Å². The molecule has 1 aliphatic rings. The van der Waals surface area contributed by atoms with Crippen molar-refractivity contribution in [2.45, 2.75) is 19.0 Å². The maximum Gasteiger partial charge on any atom is 0.0465 e. The predicted octanol–water partition coefficient (Wildman–Crippen LogP) is 0.898. The fraction of sp³-hybridized carbons (Fsp3) is 0.538. The van der Waals surface area contributed by atoms with E-state index in [1.807, 2.05) is 0 Å². The fourth-order valence-electron chi connectivity index (χ4n) is 2.24. The third kappa shape index (κ3) is 2.43. The summed E-state index contributed by atoms with van der Waals surface area (Å²) in [4.78, 5) is 2.35. The van der Waals surface area contributed by atoms with E-state index < -0.39 is 0 Å². The molecule has 1 aromatic rings. The van der Waals surface area contributed by atoms with Crippen LogP contribution in [0.25, 0.3) is 0 Å². The lowest BCUT2D eigenvalue weighted by Crippen LogP contribution is -2.53. The molecule has 3 N–H and O–H groups in total. The standard InChI is InChI=1S/C13H21N3/c1-10-3-5-11(6-4-10)13(14)12-9-15-7-8-16(12)2/h3-6,12-13,15H,7-9,14H2,1-2H3. The predicted molar refractivity (Wildman–Crippen MR) is 67.4 cm³/mol. The smallest absolute Gasteiger partial charge is 0.0465 e. The largest absolute Gasteiger partial charge is 0.323 e. The number of likely N-dealkylation sites (N-methyl/N-ethyl adjacent to an activating group) is 1. The second-order valence-corrected chi connectivity index (χ2v) is 4.69. The summed E-state index contributed by atoms with van der Waals surface area (Å²) < 4.78 is 0. The minimum Gasteiger partial charge on any atom is -0.323 e. The number of hydrogen-bond acceptors (Lipinski definition) is 3. The Hall–Kier alpha value is -0.900. The highest BCUT2D eigenvalue weighted by molar-refractivity contribution is 5.25. The van der Waals surface area contributed by atoms with Crippen molar-refractivity contribution >= 4 is 0 Å². The molecule has 1 heterocycles. The molecule has 1 fully saturated rings. The number of rotatable bonds is 2. The van der Waals surface area contributed by atoms with E-state index in [1.54, 1.807) is 0 Å². The monoisotopic (exact) mass is 219 g/mol. The summed E-state index contributed by atoms with van der Waals surface area (Å²) >= 11 is 0. The normalized spacial score (nSPS) is 24.3. The van der Waals surface area contributed by atoms with Gasteiger partial charge in [0.1, 0.15) is 0 Å². The Kier molecular flexibility index (Phi) is 3.59. The van der Waals surface area contributed by atoms with Gasteiger partial charge in [-0.1, -0.05) is 29.8 Å². The molecule has 0 saturated carbocycles. The SMILES string of the molecule is Cc1ccc(C(N)C2CNCCN2C)cc1. The van der Waals surface area contributed by atoms with Crippen LogP contribution in [0.15, 0.2) is 24.3 Å². The van der Waals surface area contributed by atoms with Crippen molar-refractivity contribution in [2.24, 2.45) is 5.73 Å². The average Bonchev–Trinajstić information content (AvgIpc) is 2.30. The molecule has 1 aliphatic heterocycles. The summed E-state index contributed by atoms with van der Waals surface area (Å²) in [6.45, 7) is 5.22. The number of nitrogens with one attached hydrogen (secondary N) is 1. The number of hydrogen-bond donors (Lipinski definition) is 2. The van der Waals surface area contributed by atoms with Crippen molar-refractivity contribution in [1.29, 1.82) is 0 Å². The third-order valence-corrected chi connectivity index (χ3v) is 3.44. The second kappa shape index (κ2) is 4.95. The highest BCUT2D eigenvalue weighted by Crippen LogP contribution is 2.19. The molecule has 3 heteroatoms. The van der Waals surface area contributed by atoms with Crippen LogP contribution < -0.4 is 11.1 Å². The highest BCUT2D eigenvalue weighted by Gasteiger charge is 2.25. The van der Waals surface area contributed by atoms with Crippen molar-refractivity contribution in [2.75, 3.05) is 26.7 Å². The van der Waals surface area contributed by atoms with Gasteiger partial charge >= 0.3 is 0 Å². The van der Waals surface area contributed by atoms with Crippen molar-refractivity contribution in [3.63, 3.8) is 0 Å². The molecule has 88 valence electrons. The molecule has 0 amide bonds. The first-order valence-electron chi connectivity index (χ1n) is 5.91. The third-order valence-electron chi connectivity index (χ3n) is 3.44. The number of nitrogens with zero attached hydrogens (tertiary/aromatic N) is 1. The zero-order chi connectivity index (χ0) is 11.5. The number of aryl methyl sites for hydroxylation is 1. The summed E-state index contributed by atoms with van der Waals surface area (Å²) in [6.07, 6.45) is 0. The van der Waals surface area contributed by atoms with E-state index in [4.69, 9.17) is 5.73 Å². The lowest BCUT2D eigenvalue weighted by molar-refractivity contribution is 0.174. The first-order chi connectivity index (χ1) is 7.68. The molecule has 0 radical (unpaired) electrons. The van der Waals surface area contributed by atoms with Gasteiger partial charge in [0.2, 0.25) is 0 Å². The Morgan fingerprint density at radius 2 is 2.06 bits per heavy atom. The molecule has 1 aromatic carbocycles. The van der Waals surface area contributed by atoms with E-state index in [1.165, 1.54) is 11.1 Å². The minimum absolute atomic E-state index is 0.0957. The van der Waals surface area contributed by atoms with Crippen LogP contribution in [-0.2, 0) is 0 Å². The molecule has 0 aromatic heterocycles. The summed E-state index contributed by atoms with van der Waals surface area (Å²) in [6, 6.07) is 9.04. The van der Waals surface area contributed by atoms with Crippen LogP contribution in [0, 0.1) is 6.92 Å². The summed E-state index contributed by atoms with van der Waals surface area (Å²) in [5.74, 6) is 0. The van der Waals surface area contributed by atoms with Crippen molar-refractivity contribution in [3.8, 4) is 0 Å². The number of benzene rings is 1. The molecular formula is C13H21N3. The Labute approximate surface area is 97.6 Å². The van der Waals surface area contributed by atoms with E-state index in [-0.39, 0.29) is 6.04 Å². The van der Waals surface area contributed by atoms with Gasteiger partial charge in [0.05, 0.1) is 0 Å². The minimum atomic E-state index is 0.0957. The van der Waals surface area contributed by atoms with Gasteiger partial charge in [0.25, 0.3) is 0 Å². The quantitative estimate of drug-likeness (QED) is 0.776. The summed E-state index contributed by atoms with van der Waals surface area (Å²) in [7, 11) is 2.15. The van der Waals surface area contributed by atoms with Crippen molar-refractivity contribution in [3.05, 3.63) is 35.4 Å². The van der Waals surface area contributed by atoms with Gasteiger partial charge in [0, 0.05) is 31.7 Å². The van der Waals surface area contributed by atoms with E-state index in [2.05, 4.69) is 48.5 Å². The molecule has 0 bridgehead atoms. The van der Waals surface area contributed by atoms with Crippen LogP contribution in [0.4, 0.5) is 0 Å². The van der Waals surface area contributed by atoms with Gasteiger partial charge in [-0.05, 0) is 19.5 Å². The fourth-order valence-corrected chi connectivity index (χ4v) is 2.24. The van der Waals surface area contributed by atoms with Crippen LogP contribution in [0.1, 0.15) is 17.2 Å². The van der Waals surface area contributed by atoms with Gasteiger partial charge in [-0.3, -0.25) is 4.90 Å². The first kappa shape index (κ1) is 11.6. The van der Waals surface area contributed by atoms with E-state index in [9.17, 15) is 0 Å². The van der Waals surface area contributed by atoms with Crippen LogP contribution in [0.5, 0.6) is 0 Å². The molecule has 2 atom stereocenters. The Morgan fingerprint density at radius 3 is 2.69 bits per heavy atom. The highest BCUT2D eigenvalue weighted by atomic mass is 15.2. The lowest BCUT2D eigenvalue weighted by Gasteiger charge is -2.37. The topological polar surface area (TPSA) is 41.3 Å². The van der Waals surface area contributed by atoms with Crippen molar-refractivity contribution < 1.29 is 0 Å². The van der Waals surface area contributed by atoms with E-state index >= 15 is 0 Å². The molecule has 0 aliphatic carbocycles. The Balaban J connectivity index is 2.11. The van der Waals surface area contributed by atoms with E-state index in [0.717, 1.165) is 19.6 Å². The van der Waals surface area contributed by atoms with Crippen molar-refractivity contribution in [1.82, 2.24) is 10.2 Å². The van der Waals surface area contributed by atoms with Gasteiger partial charge in [-0.25, -0.2) is 0 Å². The van der Waals surface area contributed by atoms with Gasteiger partial charge in [0.15, 0.2) is 0 Å². The lowest BCUT2D eigenvalue weighted by atomic mass is 9.97. The molecule has 3 nitrogen and oxygen atoms in total. The van der Waals surface area contributed by atoms with Crippen LogP contribution in [0.3, 0.4) is 0 Å². The number of piperazine rings is 1. The van der Waals surface area contributed by atoms with Gasteiger partial charge in [-0.2, -0.15) is 0 Å². The Morgan fingerprint density at radius 1 is 1.38 bits per heavy atom. The van der Waals surface area contributed by atoms with Crippen LogP contribution >= 0.6 is 0 Å². The molecule has 1 saturated heterocycles. The first-order valence-corrected chi connectivity index (χ1v) is 5.91. The molecule has 2 unspecified atom stereocenters. The maximum absolute atomic E-state index is 6.33. The summed E-state index contributed by atoms with van der Waals surface area (Å²) in [5, 5.41) is 3.41. The molecule has 0 spiro atoms.